The summed E-state index contributed by atoms with van der Waals surface area (Å²) in [6.07, 6.45) is 0.689. The van der Waals surface area contributed by atoms with Crippen molar-refractivity contribution in [3.05, 3.63) is 36.1 Å². The van der Waals surface area contributed by atoms with Crippen molar-refractivity contribution < 1.29 is 14.3 Å². The molecule has 0 fully saturated rings. The molecule has 19 heavy (non-hydrogen) atoms. The number of benzene rings is 1. The molecule has 3 N–H and O–H groups in total. The molecule has 1 unspecified atom stereocenters. The van der Waals surface area contributed by atoms with E-state index in [1.807, 2.05) is 37.3 Å². The highest BCUT2D eigenvalue weighted by molar-refractivity contribution is 5.78. The second-order valence-electron chi connectivity index (χ2n) is 4.37. The van der Waals surface area contributed by atoms with E-state index in [1.165, 1.54) is 0 Å². The normalized spacial score (nSPS) is 12.3. The summed E-state index contributed by atoms with van der Waals surface area (Å²) >= 11 is 0. The molecular weight excluding hydrogens is 244 g/mol. The number of carbonyl (C=O) groups is 1. The summed E-state index contributed by atoms with van der Waals surface area (Å²) in [4.78, 5) is 11.6. The number of furan rings is 1. The Morgan fingerprint density at radius 1 is 1.42 bits per heavy atom. The van der Waals surface area contributed by atoms with Gasteiger partial charge < -0.3 is 20.2 Å². The van der Waals surface area contributed by atoms with Crippen molar-refractivity contribution in [1.82, 2.24) is 10.6 Å². The molecule has 5 heteroatoms. The Bertz CT molecular complexity index is 513. The van der Waals surface area contributed by atoms with Crippen LogP contribution in [0, 0.1) is 0 Å². The van der Waals surface area contributed by atoms with E-state index in [0.717, 1.165) is 11.0 Å². The SMILES string of the molecule is CCC(CO)NC(=O)NCc1cc2ccccc2o1. The number of hydrogen-bond acceptors (Lipinski definition) is 3. The Morgan fingerprint density at radius 3 is 2.89 bits per heavy atom. The van der Waals surface area contributed by atoms with Crippen molar-refractivity contribution in [3.63, 3.8) is 0 Å². The van der Waals surface area contributed by atoms with Crippen LogP contribution in [0.2, 0.25) is 0 Å². The number of aliphatic hydroxyl groups excluding tert-OH is 1. The number of aliphatic hydroxyl groups is 1. The number of rotatable bonds is 5. The minimum Gasteiger partial charge on any atom is -0.459 e. The fraction of sp³-hybridized carbons (Fsp3) is 0.357. The van der Waals surface area contributed by atoms with Gasteiger partial charge in [-0.2, -0.15) is 0 Å². The standard InChI is InChI=1S/C14H18N2O3/c1-2-11(9-17)16-14(18)15-8-12-7-10-5-3-4-6-13(10)19-12/h3-7,11,17H,2,8-9H2,1H3,(H2,15,16,18). The lowest BCUT2D eigenvalue weighted by Gasteiger charge is -2.14. The molecule has 1 heterocycles. The predicted octanol–water partition coefficient (Wildman–Crippen LogP) is 2.00. The molecule has 0 bridgehead atoms. The number of hydrogen-bond donors (Lipinski definition) is 3. The third kappa shape index (κ3) is 3.48. The van der Waals surface area contributed by atoms with E-state index in [0.29, 0.717) is 18.7 Å². The zero-order chi connectivity index (χ0) is 13.7. The van der Waals surface area contributed by atoms with Gasteiger partial charge in [-0.25, -0.2) is 4.79 Å². The van der Waals surface area contributed by atoms with E-state index in [9.17, 15) is 4.79 Å². The summed E-state index contributed by atoms with van der Waals surface area (Å²) < 4.78 is 5.58. The summed E-state index contributed by atoms with van der Waals surface area (Å²) in [6.45, 7) is 2.16. The molecule has 0 saturated carbocycles. The van der Waals surface area contributed by atoms with Gasteiger partial charge in [0.15, 0.2) is 0 Å². The van der Waals surface area contributed by atoms with Gasteiger partial charge in [-0.15, -0.1) is 0 Å². The number of nitrogens with one attached hydrogen (secondary N) is 2. The van der Waals surface area contributed by atoms with Crippen LogP contribution in [0.25, 0.3) is 11.0 Å². The first kappa shape index (κ1) is 13.4. The zero-order valence-corrected chi connectivity index (χ0v) is 10.8. The summed E-state index contributed by atoms with van der Waals surface area (Å²) in [5, 5.41) is 15.4. The highest BCUT2D eigenvalue weighted by Gasteiger charge is 2.09. The highest BCUT2D eigenvalue weighted by atomic mass is 16.3. The van der Waals surface area contributed by atoms with Crippen molar-refractivity contribution in [3.8, 4) is 0 Å². The van der Waals surface area contributed by atoms with Gasteiger partial charge in [0.2, 0.25) is 0 Å². The largest absolute Gasteiger partial charge is 0.459 e. The third-order valence-corrected chi connectivity index (χ3v) is 2.95. The quantitative estimate of drug-likeness (QED) is 0.771. The highest BCUT2D eigenvalue weighted by Crippen LogP contribution is 2.18. The van der Waals surface area contributed by atoms with E-state index in [4.69, 9.17) is 9.52 Å². The number of urea groups is 1. The van der Waals surface area contributed by atoms with Crippen LogP contribution in [-0.4, -0.2) is 23.8 Å². The van der Waals surface area contributed by atoms with Crippen LogP contribution < -0.4 is 10.6 Å². The number of fused-ring (bicyclic) bond motifs is 1. The molecule has 0 aliphatic rings. The molecule has 1 aromatic carbocycles. The molecule has 102 valence electrons. The molecule has 1 atom stereocenters. The van der Waals surface area contributed by atoms with E-state index >= 15 is 0 Å². The maximum Gasteiger partial charge on any atom is 0.315 e. The van der Waals surface area contributed by atoms with Gasteiger partial charge in [-0.05, 0) is 18.6 Å². The molecule has 1 aromatic heterocycles. The fourth-order valence-electron chi connectivity index (χ4n) is 1.80. The van der Waals surface area contributed by atoms with Crippen LogP contribution in [0.4, 0.5) is 4.79 Å². The van der Waals surface area contributed by atoms with Crippen molar-refractivity contribution in [2.24, 2.45) is 0 Å². The first-order valence-electron chi connectivity index (χ1n) is 6.35. The lowest BCUT2D eigenvalue weighted by molar-refractivity contribution is 0.214. The molecule has 0 aliphatic carbocycles. The third-order valence-electron chi connectivity index (χ3n) is 2.95. The summed E-state index contributed by atoms with van der Waals surface area (Å²) in [5.41, 5.74) is 0.807. The van der Waals surface area contributed by atoms with Crippen LogP contribution in [0.15, 0.2) is 34.7 Å². The number of para-hydroxylation sites is 1. The monoisotopic (exact) mass is 262 g/mol. The van der Waals surface area contributed by atoms with Crippen molar-refractivity contribution in [1.29, 1.82) is 0 Å². The summed E-state index contributed by atoms with van der Waals surface area (Å²) in [6, 6.07) is 9.08. The molecule has 0 saturated heterocycles. The fourth-order valence-corrected chi connectivity index (χ4v) is 1.80. The van der Waals surface area contributed by atoms with Crippen molar-refractivity contribution in [2.45, 2.75) is 25.9 Å². The molecule has 0 aliphatic heterocycles. The molecular formula is C14H18N2O3. The van der Waals surface area contributed by atoms with E-state index in [1.54, 1.807) is 0 Å². The van der Waals surface area contributed by atoms with Gasteiger partial charge in [0.25, 0.3) is 0 Å². The maximum atomic E-state index is 11.6. The summed E-state index contributed by atoms with van der Waals surface area (Å²) in [7, 11) is 0. The Hall–Kier alpha value is -2.01. The van der Waals surface area contributed by atoms with E-state index in [2.05, 4.69) is 10.6 Å². The number of amides is 2. The van der Waals surface area contributed by atoms with Crippen molar-refractivity contribution in [2.75, 3.05) is 6.61 Å². The zero-order valence-electron chi connectivity index (χ0n) is 10.8. The lowest BCUT2D eigenvalue weighted by atomic mass is 10.2. The minimum absolute atomic E-state index is 0.0610. The Morgan fingerprint density at radius 2 is 2.21 bits per heavy atom. The van der Waals surface area contributed by atoms with E-state index < -0.39 is 0 Å². The Kier molecular flexibility index (Phi) is 4.41. The molecule has 0 spiro atoms. The number of carbonyl (C=O) groups excluding carboxylic acids is 1. The van der Waals surface area contributed by atoms with Crippen LogP contribution in [0.5, 0.6) is 0 Å². The minimum atomic E-state index is -0.304. The Labute approximate surface area is 111 Å². The van der Waals surface area contributed by atoms with Crippen LogP contribution in [0.1, 0.15) is 19.1 Å². The van der Waals surface area contributed by atoms with Gasteiger partial charge in [-0.3, -0.25) is 0 Å². The predicted molar refractivity (Wildman–Crippen MR) is 72.8 cm³/mol. The summed E-state index contributed by atoms with van der Waals surface area (Å²) in [5.74, 6) is 0.702. The van der Waals surface area contributed by atoms with Crippen LogP contribution in [0.3, 0.4) is 0 Å². The van der Waals surface area contributed by atoms with Gasteiger partial charge in [0, 0.05) is 5.39 Å². The topological polar surface area (TPSA) is 74.5 Å². The molecule has 0 radical (unpaired) electrons. The molecule has 2 amide bonds. The van der Waals surface area contributed by atoms with Gasteiger partial charge in [-0.1, -0.05) is 25.1 Å². The van der Waals surface area contributed by atoms with Gasteiger partial charge in [0.05, 0.1) is 19.2 Å². The van der Waals surface area contributed by atoms with Gasteiger partial charge in [0.1, 0.15) is 11.3 Å². The van der Waals surface area contributed by atoms with Gasteiger partial charge >= 0.3 is 6.03 Å². The second kappa shape index (κ2) is 6.24. The second-order valence-corrected chi connectivity index (χ2v) is 4.37. The smallest absolute Gasteiger partial charge is 0.315 e. The van der Waals surface area contributed by atoms with E-state index in [-0.39, 0.29) is 18.7 Å². The average molecular weight is 262 g/mol. The van der Waals surface area contributed by atoms with Crippen LogP contribution >= 0.6 is 0 Å². The van der Waals surface area contributed by atoms with Crippen LogP contribution in [-0.2, 0) is 6.54 Å². The first-order valence-corrected chi connectivity index (χ1v) is 6.35. The maximum absolute atomic E-state index is 11.6. The molecule has 2 rings (SSSR count). The lowest BCUT2D eigenvalue weighted by Crippen LogP contribution is -2.43. The van der Waals surface area contributed by atoms with Crippen molar-refractivity contribution >= 4 is 17.0 Å². The molecule has 5 nitrogen and oxygen atoms in total. The molecule has 2 aromatic rings. The first-order chi connectivity index (χ1) is 9.22. The average Bonchev–Trinajstić information content (AvgIpc) is 2.85. The Balaban J connectivity index is 1.89.